The molecule has 3 heteroatoms. The van der Waals surface area contributed by atoms with Gasteiger partial charge in [-0.05, 0) is 58.4 Å². The van der Waals surface area contributed by atoms with Crippen molar-refractivity contribution >= 4 is 0 Å². The average Bonchev–Trinajstić information content (AvgIpc) is 2.35. The summed E-state index contributed by atoms with van der Waals surface area (Å²) < 4.78 is 5.83. The summed E-state index contributed by atoms with van der Waals surface area (Å²) in [5.41, 5.74) is 1.45. The van der Waals surface area contributed by atoms with Gasteiger partial charge in [0, 0.05) is 24.7 Å². The summed E-state index contributed by atoms with van der Waals surface area (Å²) >= 11 is 0. The summed E-state index contributed by atoms with van der Waals surface area (Å²) in [5, 5.41) is 3.49. The Hall–Kier alpha value is -1.06. The second-order valence-electron chi connectivity index (χ2n) is 7.16. The Balaban J connectivity index is 1.69. The van der Waals surface area contributed by atoms with Crippen molar-refractivity contribution in [3.63, 3.8) is 0 Å². The van der Waals surface area contributed by atoms with Crippen molar-refractivity contribution in [2.75, 3.05) is 20.2 Å². The summed E-state index contributed by atoms with van der Waals surface area (Å²) in [6.07, 6.45) is 4.10. The molecule has 2 rings (SSSR count). The fraction of sp³-hybridized carbons (Fsp3) is 0.667. The van der Waals surface area contributed by atoms with Crippen molar-refractivity contribution in [2.24, 2.45) is 0 Å². The van der Waals surface area contributed by atoms with Crippen LogP contribution < -0.4 is 10.1 Å². The van der Waals surface area contributed by atoms with Crippen LogP contribution in [0.1, 0.15) is 45.6 Å². The normalized spacial score (nSPS) is 16.0. The first-order chi connectivity index (χ1) is 9.94. The predicted octanol–water partition coefficient (Wildman–Crippen LogP) is 3.44. The zero-order chi connectivity index (χ0) is 15.3. The van der Waals surface area contributed by atoms with Crippen molar-refractivity contribution in [3.05, 3.63) is 29.8 Å². The molecule has 1 aromatic carbocycles. The average molecular weight is 290 g/mol. The lowest BCUT2D eigenvalue weighted by molar-refractivity contribution is 0.135. The van der Waals surface area contributed by atoms with Gasteiger partial charge in [-0.15, -0.1) is 0 Å². The zero-order valence-corrected chi connectivity index (χ0v) is 14.0. The van der Waals surface area contributed by atoms with Crippen LogP contribution in [0.4, 0.5) is 0 Å². The van der Waals surface area contributed by atoms with E-state index in [0.717, 1.165) is 31.5 Å². The number of rotatable bonds is 7. The summed E-state index contributed by atoms with van der Waals surface area (Å²) in [5.74, 6) is 0.969. The van der Waals surface area contributed by atoms with Gasteiger partial charge >= 0.3 is 0 Å². The fourth-order valence-corrected chi connectivity index (χ4v) is 2.39. The highest BCUT2D eigenvalue weighted by Gasteiger charge is 2.21. The third-order valence-corrected chi connectivity index (χ3v) is 4.16. The predicted molar refractivity (Wildman–Crippen MR) is 88.8 cm³/mol. The Bertz CT molecular complexity index is 418. The minimum absolute atomic E-state index is 0.154. The van der Waals surface area contributed by atoms with Crippen LogP contribution in [0.25, 0.3) is 0 Å². The maximum Gasteiger partial charge on any atom is 0.119 e. The van der Waals surface area contributed by atoms with Gasteiger partial charge < -0.3 is 15.0 Å². The van der Waals surface area contributed by atoms with Gasteiger partial charge in [-0.2, -0.15) is 0 Å². The van der Waals surface area contributed by atoms with Crippen LogP contribution in [-0.2, 0) is 6.54 Å². The lowest BCUT2D eigenvalue weighted by Gasteiger charge is -2.34. The molecule has 1 aromatic rings. The van der Waals surface area contributed by atoms with E-state index in [4.69, 9.17) is 4.74 Å². The molecule has 1 aliphatic rings. The van der Waals surface area contributed by atoms with Gasteiger partial charge in [0.05, 0.1) is 0 Å². The largest absolute Gasteiger partial charge is 0.492 e. The van der Waals surface area contributed by atoms with E-state index < -0.39 is 0 Å². The summed E-state index contributed by atoms with van der Waals surface area (Å²) in [4.78, 5) is 2.42. The number of nitrogens with zero attached hydrogens (tertiary/aromatic N) is 1. The second-order valence-corrected chi connectivity index (χ2v) is 7.16. The molecule has 118 valence electrons. The highest BCUT2D eigenvalue weighted by molar-refractivity contribution is 5.27. The van der Waals surface area contributed by atoms with E-state index in [-0.39, 0.29) is 5.54 Å². The standard InChI is InChI=1S/C18H30N2O/c1-18(2,3)19-14-15-8-10-17(11-9-15)21-13-12-20(4)16-6-5-7-16/h8-11,16,19H,5-7,12-14H2,1-4H3. The van der Waals surface area contributed by atoms with Crippen LogP contribution in [-0.4, -0.2) is 36.7 Å². The topological polar surface area (TPSA) is 24.5 Å². The SMILES string of the molecule is CN(CCOc1ccc(CNC(C)(C)C)cc1)C1CCC1. The van der Waals surface area contributed by atoms with Crippen LogP contribution in [0.15, 0.2) is 24.3 Å². The van der Waals surface area contributed by atoms with E-state index in [1.807, 2.05) is 0 Å². The van der Waals surface area contributed by atoms with Crippen molar-refractivity contribution in [1.82, 2.24) is 10.2 Å². The Kier molecular flexibility index (Phi) is 5.65. The highest BCUT2D eigenvalue weighted by Crippen LogP contribution is 2.23. The molecular formula is C18H30N2O. The third-order valence-electron chi connectivity index (χ3n) is 4.16. The van der Waals surface area contributed by atoms with E-state index >= 15 is 0 Å². The molecule has 0 aliphatic heterocycles. The quantitative estimate of drug-likeness (QED) is 0.832. The van der Waals surface area contributed by atoms with Gasteiger partial charge in [0.2, 0.25) is 0 Å². The zero-order valence-electron chi connectivity index (χ0n) is 14.0. The fourth-order valence-electron chi connectivity index (χ4n) is 2.39. The molecule has 1 aliphatic carbocycles. The first kappa shape index (κ1) is 16.3. The molecule has 0 unspecified atom stereocenters. The van der Waals surface area contributed by atoms with E-state index in [0.29, 0.717) is 0 Å². The minimum atomic E-state index is 0.154. The maximum absolute atomic E-state index is 5.83. The Morgan fingerprint density at radius 1 is 1.19 bits per heavy atom. The maximum atomic E-state index is 5.83. The van der Waals surface area contributed by atoms with Crippen LogP contribution in [0.2, 0.25) is 0 Å². The molecule has 0 saturated heterocycles. The lowest BCUT2D eigenvalue weighted by atomic mass is 9.92. The van der Waals surface area contributed by atoms with E-state index in [1.54, 1.807) is 0 Å². The van der Waals surface area contributed by atoms with Gasteiger partial charge in [-0.3, -0.25) is 0 Å². The highest BCUT2D eigenvalue weighted by atomic mass is 16.5. The van der Waals surface area contributed by atoms with Crippen LogP contribution in [0.3, 0.4) is 0 Å². The van der Waals surface area contributed by atoms with Crippen LogP contribution in [0.5, 0.6) is 5.75 Å². The van der Waals surface area contributed by atoms with Crippen molar-refractivity contribution in [3.8, 4) is 5.75 Å². The van der Waals surface area contributed by atoms with Gasteiger partial charge in [-0.25, -0.2) is 0 Å². The minimum Gasteiger partial charge on any atom is -0.492 e. The number of hydrogen-bond acceptors (Lipinski definition) is 3. The summed E-state index contributed by atoms with van der Waals surface area (Å²) in [6.45, 7) is 9.23. The first-order valence-corrected chi connectivity index (χ1v) is 8.11. The number of hydrogen-bond donors (Lipinski definition) is 1. The molecule has 0 spiro atoms. The molecule has 1 saturated carbocycles. The molecule has 0 aromatic heterocycles. The molecular weight excluding hydrogens is 260 g/mol. The van der Waals surface area contributed by atoms with Gasteiger partial charge in [-0.1, -0.05) is 18.6 Å². The molecule has 3 nitrogen and oxygen atoms in total. The Morgan fingerprint density at radius 3 is 2.38 bits per heavy atom. The summed E-state index contributed by atoms with van der Waals surface area (Å²) in [6, 6.07) is 9.22. The molecule has 0 radical (unpaired) electrons. The van der Waals surface area contributed by atoms with E-state index in [9.17, 15) is 0 Å². The Morgan fingerprint density at radius 2 is 1.86 bits per heavy atom. The molecule has 0 bridgehead atoms. The Labute approximate surface area is 129 Å². The lowest BCUT2D eigenvalue weighted by Crippen LogP contribution is -2.39. The summed E-state index contributed by atoms with van der Waals surface area (Å²) in [7, 11) is 2.20. The molecule has 21 heavy (non-hydrogen) atoms. The molecule has 0 atom stereocenters. The smallest absolute Gasteiger partial charge is 0.119 e. The molecule has 1 fully saturated rings. The van der Waals surface area contributed by atoms with E-state index in [1.165, 1.54) is 24.8 Å². The number of nitrogens with one attached hydrogen (secondary N) is 1. The van der Waals surface area contributed by atoms with Crippen molar-refractivity contribution < 1.29 is 4.74 Å². The van der Waals surface area contributed by atoms with Gasteiger partial charge in [0.25, 0.3) is 0 Å². The van der Waals surface area contributed by atoms with Crippen molar-refractivity contribution in [1.29, 1.82) is 0 Å². The molecule has 1 N–H and O–H groups in total. The van der Waals surface area contributed by atoms with Crippen molar-refractivity contribution in [2.45, 2.75) is 58.2 Å². The van der Waals surface area contributed by atoms with Crippen LogP contribution >= 0.6 is 0 Å². The van der Waals surface area contributed by atoms with E-state index in [2.05, 4.69) is 62.3 Å². The third kappa shape index (κ3) is 5.68. The van der Waals surface area contributed by atoms with Gasteiger partial charge in [0.15, 0.2) is 0 Å². The molecule has 0 amide bonds. The number of likely N-dealkylation sites (N-methyl/N-ethyl adjacent to an activating group) is 1. The van der Waals surface area contributed by atoms with Gasteiger partial charge in [0.1, 0.15) is 12.4 Å². The monoisotopic (exact) mass is 290 g/mol. The second kappa shape index (κ2) is 7.28. The number of benzene rings is 1. The number of ether oxygens (including phenoxy) is 1. The first-order valence-electron chi connectivity index (χ1n) is 8.11. The van der Waals surface area contributed by atoms with Crippen LogP contribution in [0, 0.1) is 0 Å². The molecule has 0 heterocycles.